The number of hydrogen-bond acceptors (Lipinski definition) is 2. The first-order chi connectivity index (χ1) is 10.1. The maximum absolute atomic E-state index is 12.8. The van der Waals surface area contributed by atoms with Crippen molar-refractivity contribution in [2.24, 2.45) is 5.92 Å². The molecule has 4 heteroatoms. The van der Waals surface area contributed by atoms with Crippen LogP contribution in [0.1, 0.15) is 36.8 Å². The second kappa shape index (κ2) is 4.33. The number of aryl methyl sites for hydroxylation is 1. The lowest BCUT2D eigenvalue weighted by Crippen LogP contribution is -2.42. The average molecular weight is 285 g/mol. The summed E-state index contributed by atoms with van der Waals surface area (Å²) in [6.07, 6.45) is 4.37. The van der Waals surface area contributed by atoms with Crippen LogP contribution in [-0.4, -0.2) is 34.5 Å². The highest BCUT2D eigenvalue weighted by Gasteiger charge is 2.62. The fourth-order valence-corrected chi connectivity index (χ4v) is 4.41. The van der Waals surface area contributed by atoms with Crippen molar-refractivity contribution in [2.45, 2.75) is 43.6 Å². The summed E-state index contributed by atoms with van der Waals surface area (Å²) < 4.78 is 0. The lowest BCUT2D eigenvalue weighted by Gasteiger charge is -2.23. The Bertz CT molecular complexity index is 626. The molecular weight excluding hydrogens is 266 g/mol. The van der Waals surface area contributed by atoms with E-state index in [0.29, 0.717) is 13.0 Å². The van der Waals surface area contributed by atoms with Crippen molar-refractivity contribution >= 4 is 11.9 Å². The molecule has 2 aliphatic carbocycles. The molecular formula is C17H19NO3. The summed E-state index contributed by atoms with van der Waals surface area (Å²) in [6, 6.07) is 7.79. The van der Waals surface area contributed by atoms with Gasteiger partial charge in [0.2, 0.25) is 5.91 Å². The highest BCUT2D eigenvalue weighted by Crippen LogP contribution is 2.62. The number of rotatable bonds is 2. The molecule has 1 saturated carbocycles. The molecule has 4 rings (SSSR count). The summed E-state index contributed by atoms with van der Waals surface area (Å²) in [5.41, 5.74) is 2.71. The quantitative estimate of drug-likeness (QED) is 0.903. The van der Waals surface area contributed by atoms with Crippen LogP contribution in [0.2, 0.25) is 0 Å². The van der Waals surface area contributed by atoms with E-state index in [-0.39, 0.29) is 17.2 Å². The third-order valence-electron chi connectivity index (χ3n) is 5.59. The molecule has 1 aliphatic heterocycles. The molecule has 3 aliphatic rings. The first-order valence-electron chi connectivity index (χ1n) is 7.75. The topological polar surface area (TPSA) is 57.6 Å². The third-order valence-corrected chi connectivity index (χ3v) is 5.59. The number of hydrogen-bond donors (Lipinski definition) is 1. The third kappa shape index (κ3) is 1.74. The van der Waals surface area contributed by atoms with Gasteiger partial charge in [-0.15, -0.1) is 0 Å². The molecule has 21 heavy (non-hydrogen) atoms. The van der Waals surface area contributed by atoms with Crippen LogP contribution in [0.5, 0.6) is 0 Å². The summed E-state index contributed by atoms with van der Waals surface area (Å²) in [5, 5.41) is 9.26. The van der Waals surface area contributed by atoms with Crippen LogP contribution in [0.4, 0.5) is 0 Å². The van der Waals surface area contributed by atoms with Crippen molar-refractivity contribution in [2.75, 3.05) is 6.54 Å². The number of carbonyl (C=O) groups is 2. The minimum absolute atomic E-state index is 0.00102. The first kappa shape index (κ1) is 12.9. The molecule has 1 saturated heterocycles. The van der Waals surface area contributed by atoms with Crippen molar-refractivity contribution in [1.82, 2.24) is 4.90 Å². The molecule has 0 radical (unpaired) electrons. The predicted octanol–water partition coefficient (Wildman–Crippen LogP) is 1.97. The fraction of sp³-hybridized carbons (Fsp3) is 0.529. The number of carboxylic acid groups (broad SMARTS) is 1. The molecule has 1 heterocycles. The monoisotopic (exact) mass is 285 g/mol. The van der Waals surface area contributed by atoms with Gasteiger partial charge in [-0.2, -0.15) is 0 Å². The van der Waals surface area contributed by atoms with E-state index >= 15 is 0 Å². The van der Waals surface area contributed by atoms with Crippen molar-refractivity contribution in [3.05, 3.63) is 35.4 Å². The van der Waals surface area contributed by atoms with Crippen LogP contribution in [0.25, 0.3) is 0 Å². The molecule has 0 bridgehead atoms. The van der Waals surface area contributed by atoms with Crippen LogP contribution in [0.3, 0.4) is 0 Å². The van der Waals surface area contributed by atoms with Gasteiger partial charge in [-0.25, -0.2) is 4.79 Å². The van der Waals surface area contributed by atoms with Gasteiger partial charge < -0.3 is 10.0 Å². The normalized spacial score (nSPS) is 33.2. The number of nitrogens with zero attached hydrogens (tertiary/aromatic N) is 1. The van der Waals surface area contributed by atoms with Gasteiger partial charge >= 0.3 is 5.97 Å². The molecule has 110 valence electrons. The van der Waals surface area contributed by atoms with Gasteiger partial charge in [0.25, 0.3) is 0 Å². The molecule has 1 amide bonds. The number of benzene rings is 1. The van der Waals surface area contributed by atoms with Gasteiger partial charge in [0.1, 0.15) is 6.04 Å². The maximum atomic E-state index is 12.8. The standard InChI is InChI=1S/C17H19NO3/c19-15(18-9-3-6-14(18)16(20)21)13-10-17(13)8-7-11-4-1-2-5-12(11)17/h1-2,4-5,13-14H,3,6-10H2,(H,20,21)/t13?,14-,17?/m1/s1. The van der Waals surface area contributed by atoms with E-state index in [2.05, 4.69) is 18.2 Å². The summed E-state index contributed by atoms with van der Waals surface area (Å²) in [5.74, 6) is -0.792. The minimum atomic E-state index is -0.859. The van der Waals surface area contributed by atoms with Gasteiger partial charge in [0.05, 0.1) is 0 Å². The summed E-state index contributed by atoms with van der Waals surface area (Å²) in [6.45, 7) is 0.601. The number of carboxylic acids is 1. The summed E-state index contributed by atoms with van der Waals surface area (Å²) in [4.78, 5) is 25.6. The van der Waals surface area contributed by atoms with Crippen LogP contribution < -0.4 is 0 Å². The van der Waals surface area contributed by atoms with Crippen LogP contribution >= 0.6 is 0 Å². The molecule has 1 aromatic carbocycles. The number of aliphatic carboxylic acids is 1. The summed E-state index contributed by atoms with van der Waals surface area (Å²) in [7, 11) is 0. The first-order valence-corrected chi connectivity index (χ1v) is 7.75. The van der Waals surface area contributed by atoms with Crippen molar-refractivity contribution in [3.63, 3.8) is 0 Å². The zero-order chi connectivity index (χ0) is 14.6. The molecule has 4 nitrogen and oxygen atoms in total. The average Bonchev–Trinajstić information content (AvgIpc) is 2.84. The second-order valence-corrected chi connectivity index (χ2v) is 6.60. The molecule has 3 atom stereocenters. The van der Waals surface area contributed by atoms with Crippen molar-refractivity contribution in [1.29, 1.82) is 0 Å². The van der Waals surface area contributed by atoms with Crippen molar-refractivity contribution in [3.8, 4) is 0 Å². The second-order valence-electron chi connectivity index (χ2n) is 6.60. The van der Waals surface area contributed by atoms with Gasteiger partial charge in [-0.1, -0.05) is 24.3 Å². The largest absolute Gasteiger partial charge is 0.480 e. The molecule has 0 aromatic heterocycles. The molecule has 1 aromatic rings. The molecule has 1 spiro atoms. The Balaban J connectivity index is 1.58. The lowest BCUT2D eigenvalue weighted by atomic mass is 9.95. The van der Waals surface area contributed by atoms with E-state index in [1.807, 2.05) is 6.07 Å². The molecule has 2 fully saturated rings. The smallest absolute Gasteiger partial charge is 0.326 e. The van der Waals surface area contributed by atoms with Crippen LogP contribution in [-0.2, 0) is 21.4 Å². The Morgan fingerprint density at radius 1 is 1.29 bits per heavy atom. The number of fused-ring (bicyclic) bond motifs is 2. The van der Waals surface area contributed by atoms with Gasteiger partial charge in [-0.3, -0.25) is 4.79 Å². The van der Waals surface area contributed by atoms with E-state index in [1.165, 1.54) is 11.1 Å². The number of amides is 1. The Morgan fingerprint density at radius 3 is 2.90 bits per heavy atom. The zero-order valence-corrected chi connectivity index (χ0v) is 11.9. The maximum Gasteiger partial charge on any atom is 0.326 e. The van der Waals surface area contributed by atoms with E-state index in [1.54, 1.807) is 4.90 Å². The Kier molecular flexibility index (Phi) is 2.65. The van der Waals surface area contributed by atoms with E-state index in [4.69, 9.17) is 0 Å². The van der Waals surface area contributed by atoms with E-state index in [0.717, 1.165) is 25.7 Å². The predicted molar refractivity (Wildman–Crippen MR) is 76.9 cm³/mol. The number of likely N-dealkylation sites (tertiary alicyclic amines) is 1. The highest BCUT2D eigenvalue weighted by molar-refractivity contribution is 5.89. The SMILES string of the molecule is O=C(O)[C@H]1CCCN1C(=O)C1CC12CCc1ccccc12. The Hall–Kier alpha value is -1.84. The van der Waals surface area contributed by atoms with Gasteiger partial charge in [0, 0.05) is 17.9 Å². The number of carbonyl (C=O) groups excluding carboxylic acids is 1. The highest BCUT2D eigenvalue weighted by atomic mass is 16.4. The molecule has 1 N–H and O–H groups in total. The Morgan fingerprint density at radius 2 is 2.10 bits per heavy atom. The van der Waals surface area contributed by atoms with E-state index in [9.17, 15) is 14.7 Å². The van der Waals surface area contributed by atoms with Gasteiger partial charge in [-0.05, 0) is 43.2 Å². The fourth-order valence-electron chi connectivity index (χ4n) is 4.41. The van der Waals surface area contributed by atoms with Crippen LogP contribution in [0.15, 0.2) is 24.3 Å². The molecule has 2 unspecified atom stereocenters. The Labute approximate surface area is 123 Å². The minimum Gasteiger partial charge on any atom is -0.480 e. The van der Waals surface area contributed by atoms with Crippen molar-refractivity contribution < 1.29 is 14.7 Å². The zero-order valence-electron chi connectivity index (χ0n) is 11.9. The van der Waals surface area contributed by atoms with E-state index < -0.39 is 12.0 Å². The summed E-state index contributed by atoms with van der Waals surface area (Å²) >= 11 is 0. The van der Waals surface area contributed by atoms with Crippen LogP contribution in [0, 0.1) is 5.92 Å². The van der Waals surface area contributed by atoms with Gasteiger partial charge in [0.15, 0.2) is 0 Å². The lowest BCUT2D eigenvalue weighted by molar-refractivity contribution is -0.148.